The summed E-state index contributed by atoms with van der Waals surface area (Å²) in [5, 5.41) is 6.96. The van der Waals surface area contributed by atoms with Crippen molar-refractivity contribution >= 4 is 35.3 Å². The smallest absolute Gasteiger partial charge is 0.318 e. The molecule has 0 saturated heterocycles. The number of benzene rings is 2. The lowest BCUT2D eigenvalue weighted by atomic mass is 10.2. The van der Waals surface area contributed by atoms with E-state index >= 15 is 0 Å². The Bertz CT molecular complexity index is 1150. The second-order valence-electron chi connectivity index (χ2n) is 7.06. The molecular formula is C23H23ClN4O2. The predicted molar refractivity (Wildman–Crippen MR) is 121 cm³/mol. The second kappa shape index (κ2) is 8.97. The monoisotopic (exact) mass is 422 g/mol. The van der Waals surface area contributed by atoms with E-state index in [-0.39, 0.29) is 0 Å². The second-order valence-corrected chi connectivity index (χ2v) is 7.50. The highest BCUT2D eigenvalue weighted by Gasteiger charge is 2.15. The van der Waals surface area contributed by atoms with Gasteiger partial charge < -0.3 is 9.88 Å². The van der Waals surface area contributed by atoms with Crippen LogP contribution in [0.2, 0.25) is 5.02 Å². The number of hydrogen-bond donors (Lipinski definition) is 2. The van der Waals surface area contributed by atoms with Crippen LogP contribution >= 0.6 is 11.6 Å². The molecule has 0 bridgehead atoms. The van der Waals surface area contributed by atoms with Crippen molar-refractivity contribution in [2.45, 2.75) is 27.7 Å². The van der Waals surface area contributed by atoms with Gasteiger partial charge in [0.2, 0.25) is 0 Å². The van der Waals surface area contributed by atoms with Gasteiger partial charge in [-0.2, -0.15) is 5.10 Å². The molecule has 3 rings (SSSR count). The fourth-order valence-electron chi connectivity index (χ4n) is 3.22. The first-order valence-corrected chi connectivity index (χ1v) is 9.81. The van der Waals surface area contributed by atoms with Crippen molar-refractivity contribution in [1.82, 2.24) is 9.99 Å². The van der Waals surface area contributed by atoms with E-state index in [1.54, 1.807) is 18.2 Å². The third-order valence-electron chi connectivity index (χ3n) is 4.85. The van der Waals surface area contributed by atoms with Crippen LogP contribution in [0.4, 0.5) is 5.69 Å². The number of amides is 2. The zero-order chi connectivity index (χ0) is 21.8. The molecule has 30 heavy (non-hydrogen) atoms. The van der Waals surface area contributed by atoms with Crippen LogP contribution in [0.25, 0.3) is 5.69 Å². The Morgan fingerprint density at radius 1 is 0.967 bits per heavy atom. The molecule has 0 radical (unpaired) electrons. The number of hydrogen-bond acceptors (Lipinski definition) is 3. The molecule has 0 fully saturated rings. The van der Waals surface area contributed by atoms with E-state index in [1.807, 2.05) is 39.0 Å². The molecule has 154 valence electrons. The van der Waals surface area contributed by atoms with Crippen LogP contribution in [0.1, 0.15) is 28.1 Å². The molecule has 1 heterocycles. The zero-order valence-electron chi connectivity index (χ0n) is 17.3. The number of carbonyl (C=O) groups excluding carboxylic acids is 2. The van der Waals surface area contributed by atoms with Crippen molar-refractivity contribution in [3.63, 3.8) is 0 Å². The Morgan fingerprint density at radius 3 is 2.43 bits per heavy atom. The summed E-state index contributed by atoms with van der Waals surface area (Å²) < 4.78 is 2.13. The van der Waals surface area contributed by atoms with Gasteiger partial charge in [0.1, 0.15) is 0 Å². The number of rotatable bonds is 4. The maximum absolute atomic E-state index is 12.1. The molecule has 0 atom stereocenters. The minimum absolute atomic E-state index is 0.471. The Kier molecular flexibility index (Phi) is 6.37. The summed E-state index contributed by atoms with van der Waals surface area (Å²) in [5.41, 5.74) is 8.67. The van der Waals surface area contributed by atoms with Gasteiger partial charge in [-0.15, -0.1) is 0 Å². The molecule has 0 aliphatic heterocycles. The number of hydrazone groups is 1. The topological polar surface area (TPSA) is 75.5 Å². The Labute approximate surface area is 180 Å². The molecule has 2 amide bonds. The number of aryl methyl sites for hydroxylation is 3. The number of halogens is 1. The van der Waals surface area contributed by atoms with E-state index < -0.39 is 11.8 Å². The average Bonchev–Trinajstić information content (AvgIpc) is 2.98. The third-order valence-corrected chi connectivity index (χ3v) is 5.09. The van der Waals surface area contributed by atoms with Gasteiger partial charge in [0.05, 0.1) is 6.21 Å². The van der Waals surface area contributed by atoms with Crippen LogP contribution in [-0.4, -0.2) is 22.6 Å². The van der Waals surface area contributed by atoms with Crippen molar-refractivity contribution in [3.05, 3.63) is 81.6 Å². The van der Waals surface area contributed by atoms with Gasteiger partial charge in [-0.3, -0.25) is 9.59 Å². The average molecular weight is 423 g/mol. The number of aromatic nitrogens is 1. The van der Waals surface area contributed by atoms with E-state index in [9.17, 15) is 9.59 Å². The molecular weight excluding hydrogens is 400 g/mol. The molecule has 2 N–H and O–H groups in total. The Balaban J connectivity index is 1.70. The van der Waals surface area contributed by atoms with E-state index in [0.29, 0.717) is 10.7 Å². The van der Waals surface area contributed by atoms with Gasteiger partial charge in [0.25, 0.3) is 0 Å². The van der Waals surface area contributed by atoms with Gasteiger partial charge in [0, 0.05) is 33.3 Å². The lowest BCUT2D eigenvalue weighted by Gasteiger charge is -2.12. The summed E-state index contributed by atoms with van der Waals surface area (Å²) in [4.78, 5) is 24.2. The SMILES string of the molecule is Cc1ccc(Cl)cc1NC(=O)C(=O)N/N=C\c1cc(C)n(-c2ccccc2C)c1C. The first-order chi connectivity index (χ1) is 14.3. The molecule has 0 unspecified atom stereocenters. The van der Waals surface area contributed by atoms with Gasteiger partial charge in [0.15, 0.2) is 0 Å². The lowest BCUT2D eigenvalue weighted by molar-refractivity contribution is -0.136. The first kappa shape index (κ1) is 21.3. The lowest BCUT2D eigenvalue weighted by Crippen LogP contribution is -2.32. The van der Waals surface area contributed by atoms with Crippen molar-refractivity contribution in [2.75, 3.05) is 5.32 Å². The summed E-state index contributed by atoms with van der Waals surface area (Å²) in [7, 11) is 0. The van der Waals surface area contributed by atoms with Crippen LogP contribution in [-0.2, 0) is 9.59 Å². The molecule has 7 heteroatoms. The molecule has 2 aromatic carbocycles. The van der Waals surface area contributed by atoms with E-state index in [2.05, 4.69) is 39.5 Å². The van der Waals surface area contributed by atoms with Crippen LogP contribution in [0.15, 0.2) is 53.6 Å². The first-order valence-electron chi connectivity index (χ1n) is 9.43. The quantitative estimate of drug-likeness (QED) is 0.370. The molecule has 0 spiro atoms. The summed E-state index contributed by atoms with van der Waals surface area (Å²) in [6, 6.07) is 15.2. The van der Waals surface area contributed by atoms with Crippen molar-refractivity contribution in [2.24, 2.45) is 5.10 Å². The normalized spacial score (nSPS) is 11.0. The highest BCUT2D eigenvalue weighted by Crippen LogP contribution is 2.22. The van der Waals surface area contributed by atoms with Gasteiger partial charge >= 0.3 is 11.8 Å². The van der Waals surface area contributed by atoms with Crippen LogP contribution in [0, 0.1) is 27.7 Å². The molecule has 3 aromatic rings. The molecule has 0 saturated carbocycles. The zero-order valence-corrected chi connectivity index (χ0v) is 18.0. The molecule has 0 aliphatic carbocycles. The van der Waals surface area contributed by atoms with Crippen molar-refractivity contribution in [1.29, 1.82) is 0 Å². The van der Waals surface area contributed by atoms with Crippen molar-refractivity contribution < 1.29 is 9.59 Å². The Morgan fingerprint density at radius 2 is 1.70 bits per heavy atom. The minimum atomic E-state index is -0.863. The standard InChI is InChI=1S/C23H23ClN4O2/c1-14-9-10-19(24)12-20(14)26-22(29)23(30)27-25-13-18-11-16(3)28(17(18)4)21-8-6-5-7-15(21)2/h5-13H,1-4H3,(H,26,29)(H,27,30)/b25-13-. The van der Waals surface area contributed by atoms with Crippen LogP contribution < -0.4 is 10.7 Å². The highest BCUT2D eigenvalue weighted by molar-refractivity contribution is 6.40. The van der Waals surface area contributed by atoms with E-state index in [0.717, 1.165) is 33.8 Å². The van der Waals surface area contributed by atoms with Crippen LogP contribution in [0.5, 0.6) is 0 Å². The predicted octanol–water partition coefficient (Wildman–Crippen LogP) is 4.45. The largest absolute Gasteiger partial charge is 0.329 e. The maximum atomic E-state index is 12.1. The molecule has 0 aliphatic rings. The van der Waals surface area contributed by atoms with E-state index in [1.165, 1.54) is 6.21 Å². The Hall–Kier alpha value is -3.38. The summed E-state index contributed by atoms with van der Waals surface area (Å²) in [6.07, 6.45) is 1.53. The van der Waals surface area contributed by atoms with Crippen molar-refractivity contribution in [3.8, 4) is 5.69 Å². The fourth-order valence-corrected chi connectivity index (χ4v) is 3.39. The van der Waals surface area contributed by atoms with Gasteiger partial charge in [-0.1, -0.05) is 35.9 Å². The van der Waals surface area contributed by atoms with Gasteiger partial charge in [-0.25, -0.2) is 5.43 Å². The summed E-state index contributed by atoms with van der Waals surface area (Å²) in [5.74, 6) is -1.68. The molecule has 6 nitrogen and oxygen atoms in total. The third kappa shape index (κ3) is 4.60. The number of carbonyl (C=O) groups is 2. The summed E-state index contributed by atoms with van der Waals surface area (Å²) >= 11 is 5.94. The summed E-state index contributed by atoms with van der Waals surface area (Å²) in [6.45, 7) is 7.86. The van der Waals surface area contributed by atoms with Crippen LogP contribution in [0.3, 0.4) is 0 Å². The number of nitrogens with zero attached hydrogens (tertiary/aromatic N) is 2. The van der Waals surface area contributed by atoms with E-state index in [4.69, 9.17) is 11.6 Å². The number of anilines is 1. The molecule has 1 aromatic heterocycles. The fraction of sp³-hybridized carbons (Fsp3) is 0.174. The number of para-hydroxylation sites is 1. The minimum Gasteiger partial charge on any atom is -0.318 e. The maximum Gasteiger partial charge on any atom is 0.329 e. The number of nitrogens with one attached hydrogen (secondary N) is 2. The highest BCUT2D eigenvalue weighted by atomic mass is 35.5. The van der Waals surface area contributed by atoms with Gasteiger partial charge in [-0.05, 0) is 63.1 Å².